The Balaban J connectivity index is 2.29. The normalized spacial score (nSPS) is 11.4. The van der Waals surface area contributed by atoms with Gasteiger partial charge in [-0.25, -0.2) is 13.1 Å². The zero-order valence-corrected chi connectivity index (χ0v) is 13.2. The molecule has 0 saturated carbocycles. The summed E-state index contributed by atoms with van der Waals surface area (Å²) in [5, 5.41) is 0.373. The van der Waals surface area contributed by atoms with E-state index in [1.54, 1.807) is 37.5 Å². The molecule has 1 aromatic carbocycles. The summed E-state index contributed by atoms with van der Waals surface area (Å²) < 4.78 is 32.4. The van der Waals surface area contributed by atoms with Crippen LogP contribution in [0.5, 0.6) is 5.75 Å². The van der Waals surface area contributed by atoms with Crippen LogP contribution in [0.2, 0.25) is 5.02 Å². The standard InChI is InChI=1S/C14H15ClN2O3S/c1-10-6-13(20-2)14(7-12(10)15)21(18,19)17-9-11-4-3-5-16-8-11/h3-8,17H,9H2,1-2H3. The van der Waals surface area contributed by atoms with Gasteiger partial charge in [-0.15, -0.1) is 0 Å². The van der Waals surface area contributed by atoms with Crippen LogP contribution in [0.1, 0.15) is 11.1 Å². The number of halogens is 1. The van der Waals surface area contributed by atoms with Crippen molar-refractivity contribution < 1.29 is 13.2 Å². The van der Waals surface area contributed by atoms with Gasteiger partial charge in [0.05, 0.1) is 7.11 Å². The topological polar surface area (TPSA) is 68.3 Å². The Morgan fingerprint density at radius 2 is 2.14 bits per heavy atom. The molecule has 1 heterocycles. The van der Waals surface area contributed by atoms with Gasteiger partial charge in [0.1, 0.15) is 10.6 Å². The van der Waals surface area contributed by atoms with E-state index in [1.165, 1.54) is 13.2 Å². The fourth-order valence-corrected chi connectivity index (χ4v) is 3.19. The van der Waals surface area contributed by atoms with E-state index in [4.69, 9.17) is 16.3 Å². The Morgan fingerprint density at radius 3 is 2.76 bits per heavy atom. The maximum absolute atomic E-state index is 12.4. The van der Waals surface area contributed by atoms with Crippen molar-refractivity contribution in [1.82, 2.24) is 9.71 Å². The largest absolute Gasteiger partial charge is 0.495 e. The molecular weight excluding hydrogens is 312 g/mol. The van der Waals surface area contributed by atoms with E-state index in [0.29, 0.717) is 5.02 Å². The Morgan fingerprint density at radius 1 is 1.38 bits per heavy atom. The molecule has 0 aliphatic carbocycles. The number of nitrogens with one attached hydrogen (secondary N) is 1. The monoisotopic (exact) mass is 326 g/mol. The van der Waals surface area contributed by atoms with Gasteiger partial charge >= 0.3 is 0 Å². The van der Waals surface area contributed by atoms with E-state index in [-0.39, 0.29) is 17.2 Å². The number of pyridine rings is 1. The summed E-state index contributed by atoms with van der Waals surface area (Å²) in [4.78, 5) is 3.95. The SMILES string of the molecule is COc1cc(C)c(Cl)cc1S(=O)(=O)NCc1cccnc1. The molecule has 2 aromatic rings. The summed E-state index contributed by atoms with van der Waals surface area (Å²) in [5.41, 5.74) is 1.51. The summed E-state index contributed by atoms with van der Waals surface area (Å²) >= 11 is 6.01. The lowest BCUT2D eigenvalue weighted by Crippen LogP contribution is -2.24. The molecule has 0 bridgehead atoms. The maximum atomic E-state index is 12.4. The van der Waals surface area contributed by atoms with Gasteiger partial charge in [0, 0.05) is 24.0 Å². The minimum absolute atomic E-state index is 0.0180. The van der Waals surface area contributed by atoms with Gasteiger partial charge in [-0.3, -0.25) is 4.98 Å². The lowest BCUT2D eigenvalue weighted by molar-refractivity contribution is 0.402. The minimum Gasteiger partial charge on any atom is -0.495 e. The van der Waals surface area contributed by atoms with Crippen molar-refractivity contribution >= 4 is 21.6 Å². The number of hydrogen-bond acceptors (Lipinski definition) is 4. The smallest absolute Gasteiger partial charge is 0.244 e. The molecule has 0 unspecified atom stereocenters. The van der Waals surface area contributed by atoms with Crippen LogP contribution < -0.4 is 9.46 Å². The van der Waals surface area contributed by atoms with Crippen molar-refractivity contribution in [2.24, 2.45) is 0 Å². The average Bonchev–Trinajstić information content (AvgIpc) is 2.48. The van der Waals surface area contributed by atoms with Gasteiger partial charge in [-0.05, 0) is 36.2 Å². The molecule has 0 aliphatic heterocycles. The van der Waals surface area contributed by atoms with Crippen LogP contribution in [-0.4, -0.2) is 20.5 Å². The van der Waals surface area contributed by atoms with E-state index in [0.717, 1.165) is 11.1 Å². The zero-order valence-electron chi connectivity index (χ0n) is 11.6. The van der Waals surface area contributed by atoms with Crippen LogP contribution in [0.15, 0.2) is 41.6 Å². The van der Waals surface area contributed by atoms with E-state index in [1.807, 2.05) is 0 Å². The number of aromatic nitrogens is 1. The molecule has 1 aromatic heterocycles. The quantitative estimate of drug-likeness (QED) is 0.916. The molecular formula is C14H15ClN2O3S. The highest BCUT2D eigenvalue weighted by atomic mass is 35.5. The first-order valence-corrected chi connectivity index (χ1v) is 8.03. The molecule has 2 rings (SSSR count). The van der Waals surface area contributed by atoms with Gasteiger partial charge in [-0.1, -0.05) is 17.7 Å². The number of hydrogen-bond donors (Lipinski definition) is 1. The predicted molar refractivity (Wildman–Crippen MR) is 81.0 cm³/mol. The van der Waals surface area contributed by atoms with Crippen LogP contribution in [0, 0.1) is 6.92 Å². The molecule has 0 aliphatic rings. The van der Waals surface area contributed by atoms with Gasteiger partial charge in [0.2, 0.25) is 10.0 Å². The lowest BCUT2D eigenvalue weighted by Gasteiger charge is -2.12. The fraction of sp³-hybridized carbons (Fsp3) is 0.214. The average molecular weight is 327 g/mol. The molecule has 0 amide bonds. The third kappa shape index (κ3) is 3.72. The number of rotatable bonds is 5. The molecule has 0 fully saturated rings. The summed E-state index contributed by atoms with van der Waals surface area (Å²) in [6.45, 7) is 1.93. The lowest BCUT2D eigenvalue weighted by atomic mass is 10.2. The molecule has 21 heavy (non-hydrogen) atoms. The number of nitrogens with zero attached hydrogens (tertiary/aromatic N) is 1. The van der Waals surface area contributed by atoms with Crippen molar-refractivity contribution in [2.75, 3.05) is 7.11 Å². The Bertz CT molecular complexity index is 733. The van der Waals surface area contributed by atoms with Gasteiger partial charge in [0.15, 0.2) is 0 Å². The van der Waals surface area contributed by atoms with Gasteiger partial charge in [-0.2, -0.15) is 0 Å². The molecule has 1 N–H and O–H groups in total. The third-order valence-corrected chi connectivity index (χ3v) is 4.75. The fourth-order valence-electron chi connectivity index (χ4n) is 1.77. The summed E-state index contributed by atoms with van der Waals surface area (Å²) in [6.07, 6.45) is 3.22. The highest BCUT2D eigenvalue weighted by Gasteiger charge is 2.20. The highest BCUT2D eigenvalue weighted by Crippen LogP contribution is 2.30. The second kappa shape index (κ2) is 6.43. The molecule has 0 saturated heterocycles. The van der Waals surface area contributed by atoms with Crippen molar-refractivity contribution in [2.45, 2.75) is 18.4 Å². The van der Waals surface area contributed by atoms with E-state index in [2.05, 4.69) is 9.71 Å². The first-order valence-electron chi connectivity index (χ1n) is 6.17. The zero-order chi connectivity index (χ0) is 15.5. The molecule has 0 atom stereocenters. The predicted octanol–water partition coefficient (Wildman–Crippen LogP) is 2.53. The van der Waals surface area contributed by atoms with Gasteiger partial charge in [0.25, 0.3) is 0 Å². The molecule has 112 valence electrons. The van der Waals surface area contributed by atoms with E-state index >= 15 is 0 Å². The van der Waals surface area contributed by atoms with Crippen LogP contribution in [0.3, 0.4) is 0 Å². The number of aryl methyl sites for hydroxylation is 1. The second-order valence-corrected chi connectivity index (χ2v) is 6.58. The first-order chi connectivity index (χ1) is 9.94. The van der Waals surface area contributed by atoms with Crippen molar-refractivity contribution in [3.05, 3.63) is 52.8 Å². The molecule has 0 radical (unpaired) electrons. The van der Waals surface area contributed by atoms with E-state index in [9.17, 15) is 8.42 Å². The Labute approximate surface area is 129 Å². The Hall–Kier alpha value is -1.63. The van der Waals surface area contributed by atoms with Crippen LogP contribution in [0.4, 0.5) is 0 Å². The summed E-state index contributed by atoms with van der Waals surface area (Å²) in [7, 11) is -2.31. The number of sulfonamides is 1. The van der Waals surface area contributed by atoms with Crippen molar-refractivity contribution in [3.63, 3.8) is 0 Å². The van der Waals surface area contributed by atoms with Crippen LogP contribution >= 0.6 is 11.6 Å². The molecule has 5 nitrogen and oxygen atoms in total. The Kier molecular flexibility index (Phi) is 4.82. The number of methoxy groups -OCH3 is 1. The minimum atomic E-state index is -3.73. The maximum Gasteiger partial charge on any atom is 0.244 e. The number of ether oxygens (including phenoxy) is 1. The molecule has 7 heteroatoms. The highest BCUT2D eigenvalue weighted by molar-refractivity contribution is 7.89. The molecule has 0 spiro atoms. The van der Waals surface area contributed by atoms with Crippen molar-refractivity contribution in [1.29, 1.82) is 0 Å². The van der Waals surface area contributed by atoms with Crippen LogP contribution in [-0.2, 0) is 16.6 Å². The van der Waals surface area contributed by atoms with Gasteiger partial charge < -0.3 is 4.74 Å². The number of benzene rings is 1. The van der Waals surface area contributed by atoms with E-state index < -0.39 is 10.0 Å². The van der Waals surface area contributed by atoms with Crippen LogP contribution in [0.25, 0.3) is 0 Å². The summed E-state index contributed by atoms with van der Waals surface area (Å²) in [5.74, 6) is 0.260. The first kappa shape index (κ1) is 15.8. The third-order valence-electron chi connectivity index (χ3n) is 2.92. The summed E-state index contributed by atoms with van der Waals surface area (Å²) in [6, 6.07) is 6.52. The van der Waals surface area contributed by atoms with Crippen molar-refractivity contribution in [3.8, 4) is 5.75 Å². The second-order valence-electron chi connectivity index (χ2n) is 4.44.